The van der Waals surface area contributed by atoms with Crippen LogP contribution in [0.2, 0.25) is 5.02 Å². The molecule has 1 rings (SSSR count). The third kappa shape index (κ3) is 1.46. The van der Waals surface area contributed by atoms with E-state index in [0.29, 0.717) is 0 Å². The number of aromatic hydroxyl groups is 1. The van der Waals surface area contributed by atoms with Crippen LogP contribution < -0.4 is 0 Å². The van der Waals surface area contributed by atoms with Crippen LogP contribution in [0.5, 0.6) is 5.75 Å². The summed E-state index contributed by atoms with van der Waals surface area (Å²) in [7, 11) is 0. The van der Waals surface area contributed by atoms with Gasteiger partial charge < -0.3 is 5.11 Å². The molecule has 1 nitrogen and oxygen atoms in total. The number of rotatable bonds is 0. The molecule has 0 aromatic heterocycles. The van der Waals surface area contributed by atoms with Crippen molar-refractivity contribution in [1.82, 2.24) is 0 Å². The van der Waals surface area contributed by atoms with Gasteiger partial charge in [-0.1, -0.05) is 11.6 Å². The highest BCUT2D eigenvalue weighted by molar-refractivity contribution is 9.10. The summed E-state index contributed by atoms with van der Waals surface area (Å²) in [5, 5.41) is 8.04. The van der Waals surface area contributed by atoms with E-state index in [1.807, 2.05) is 0 Å². The Balaban J connectivity index is 3.46. The van der Waals surface area contributed by atoms with E-state index in [0.717, 1.165) is 6.07 Å². The normalized spacial score (nSPS) is 10.2. The average molecular weight is 243 g/mol. The Morgan fingerprint density at radius 1 is 1.36 bits per heavy atom. The first-order chi connectivity index (χ1) is 5.04. The minimum atomic E-state index is -1.15. The van der Waals surface area contributed by atoms with E-state index in [2.05, 4.69) is 15.9 Å². The van der Waals surface area contributed by atoms with Crippen molar-refractivity contribution in [2.45, 2.75) is 0 Å². The largest absolute Gasteiger partial charge is 0.505 e. The van der Waals surface area contributed by atoms with E-state index in [4.69, 9.17) is 16.7 Å². The molecule has 1 aromatic carbocycles. The lowest BCUT2D eigenvalue weighted by Gasteiger charge is -2.00. The van der Waals surface area contributed by atoms with Crippen molar-refractivity contribution in [3.63, 3.8) is 0 Å². The molecule has 0 saturated carbocycles. The van der Waals surface area contributed by atoms with Crippen LogP contribution in [0.4, 0.5) is 8.78 Å². The highest BCUT2D eigenvalue weighted by Crippen LogP contribution is 2.31. The zero-order chi connectivity index (χ0) is 8.59. The lowest BCUT2D eigenvalue weighted by atomic mass is 10.3. The molecule has 0 aliphatic heterocycles. The molecule has 11 heavy (non-hydrogen) atoms. The van der Waals surface area contributed by atoms with Gasteiger partial charge in [0, 0.05) is 6.07 Å². The molecular formula is C6H2BrClF2O. The van der Waals surface area contributed by atoms with Crippen molar-refractivity contribution in [2.24, 2.45) is 0 Å². The summed E-state index contributed by atoms with van der Waals surface area (Å²) in [5.41, 5.74) is 0. The van der Waals surface area contributed by atoms with Crippen molar-refractivity contribution in [2.75, 3.05) is 0 Å². The van der Waals surface area contributed by atoms with Crippen LogP contribution >= 0.6 is 27.5 Å². The van der Waals surface area contributed by atoms with Crippen molar-refractivity contribution < 1.29 is 13.9 Å². The predicted octanol–water partition coefficient (Wildman–Crippen LogP) is 3.09. The average Bonchev–Trinajstić information content (AvgIpc) is 1.97. The van der Waals surface area contributed by atoms with Gasteiger partial charge in [0.25, 0.3) is 0 Å². The molecular weight excluding hydrogens is 241 g/mol. The Hall–Kier alpha value is -0.350. The van der Waals surface area contributed by atoms with E-state index in [9.17, 15) is 8.78 Å². The SMILES string of the molecule is Oc1cc(Br)c(F)c(Cl)c1F. The van der Waals surface area contributed by atoms with E-state index in [-0.39, 0.29) is 4.47 Å². The van der Waals surface area contributed by atoms with Crippen molar-refractivity contribution >= 4 is 27.5 Å². The quantitative estimate of drug-likeness (QED) is 0.548. The molecule has 0 unspecified atom stereocenters. The summed E-state index contributed by atoms with van der Waals surface area (Å²) in [6, 6.07) is 0.899. The number of benzene rings is 1. The van der Waals surface area contributed by atoms with Crippen LogP contribution in [0.1, 0.15) is 0 Å². The predicted molar refractivity (Wildman–Crippen MR) is 40.7 cm³/mol. The number of phenols is 1. The van der Waals surface area contributed by atoms with Crippen molar-refractivity contribution in [3.8, 4) is 5.75 Å². The summed E-state index contributed by atoms with van der Waals surface area (Å²) in [6.07, 6.45) is 0. The monoisotopic (exact) mass is 242 g/mol. The summed E-state index contributed by atoms with van der Waals surface area (Å²) in [5.74, 6) is -2.74. The first-order valence-electron chi connectivity index (χ1n) is 2.56. The lowest BCUT2D eigenvalue weighted by molar-refractivity contribution is 0.427. The molecule has 0 amide bonds. The molecule has 0 heterocycles. The van der Waals surface area contributed by atoms with Gasteiger partial charge in [0.15, 0.2) is 17.4 Å². The molecule has 0 radical (unpaired) electrons. The van der Waals surface area contributed by atoms with Gasteiger partial charge in [-0.05, 0) is 15.9 Å². The van der Waals surface area contributed by atoms with Crippen molar-refractivity contribution in [1.29, 1.82) is 0 Å². The molecule has 5 heteroatoms. The molecule has 0 aliphatic carbocycles. The van der Waals surface area contributed by atoms with Gasteiger partial charge in [-0.2, -0.15) is 0 Å². The Bertz CT molecular complexity index is 277. The van der Waals surface area contributed by atoms with Crippen LogP contribution in [0.3, 0.4) is 0 Å². The molecule has 0 spiro atoms. The second kappa shape index (κ2) is 2.95. The van der Waals surface area contributed by atoms with Crippen LogP contribution in [-0.4, -0.2) is 5.11 Å². The summed E-state index contributed by atoms with van der Waals surface area (Å²) in [4.78, 5) is 0. The third-order valence-corrected chi connectivity index (χ3v) is 1.99. The molecule has 1 N–H and O–H groups in total. The van der Waals surface area contributed by atoms with Gasteiger partial charge in [-0.25, -0.2) is 8.78 Å². The van der Waals surface area contributed by atoms with Gasteiger partial charge in [0.1, 0.15) is 5.02 Å². The Morgan fingerprint density at radius 3 is 2.45 bits per heavy atom. The zero-order valence-corrected chi connectivity index (χ0v) is 7.38. The third-order valence-electron chi connectivity index (χ3n) is 1.08. The van der Waals surface area contributed by atoms with Crippen LogP contribution in [-0.2, 0) is 0 Å². The van der Waals surface area contributed by atoms with Crippen LogP contribution in [0.25, 0.3) is 0 Å². The second-order valence-electron chi connectivity index (χ2n) is 1.82. The number of halogens is 4. The maximum atomic E-state index is 12.6. The molecule has 0 bridgehead atoms. The summed E-state index contributed by atoms with van der Waals surface area (Å²) >= 11 is 7.89. The topological polar surface area (TPSA) is 20.2 Å². The van der Waals surface area contributed by atoms with E-state index in [1.54, 1.807) is 0 Å². The zero-order valence-electron chi connectivity index (χ0n) is 5.04. The highest BCUT2D eigenvalue weighted by atomic mass is 79.9. The first-order valence-corrected chi connectivity index (χ1v) is 3.73. The maximum Gasteiger partial charge on any atom is 0.186 e. The second-order valence-corrected chi connectivity index (χ2v) is 3.05. The van der Waals surface area contributed by atoms with Gasteiger partial charge in [0.05, 0.1) is 4.47 Å². The molecule has 0 aliphatic rings. The Labute approximate surface area is 74.7 Å². The van der Waals surface area contributed by atoms with Crippen LogP contribution in [0, 0.1) is 11.6 Å². The van der Waals surface area contributed by atoms with Gasteiger partial charge >= 0.3 is 0 Å². The standard InChI is InChI=1S/C6H2BrClF2O/c7-2-1-3(11)6(10)4(8)5(2)9/h1,11H. The number of hydrogen-bond donors (Lipinski definition) is 1. The van der Waals surface area contributed by atoms with E-state index >= 15 is 0 Å². The first kappa shape index (κ1) is 8.74. The van der Waals surface area contributed by atoms with Crippen molar-refractivity contribution in [3.05, 3.63) is 27.2 Å². The minimum Gasteiger partial charge on any atom is -0.505 e. The van der Waals surface area contributed by atoms with E-state index < -0.39 is 22.4 Å². The summed E-state index contributed by atoms with van der Waals surface area (Å²) in [6.45, 7) is 0. The Kier molecular flexibility index (Phi) is 2.34. The van der Waals surface area contributed by atoms with Crippen LogP contribution in [0.15, 0.2) is 10.5 Å². The maximum absolute atomic E-state index is 12.6. The highest BCUT2D eigenvalue weighted by Gasteiger charge is 2.14. The molecule has 1 aromatic rings. The number of phenolic OH excluding ortho intramolecular Hbond substituents is 1. The van der Waals surface area contributed by atoms with Gasteiger partial charge in [-0.3, -0.25) is 0 Å². The molecule has 0 fully saturated rings. The van der Waals surface area contributed by atoms with Gasteiger partial charge in [0.2, 0.25) is 0 Å². The fraction of sp³-hybridized carbons (Fsp3) is 0. The molecule has 0 atom stereocenters. The fourth-order valence-electron chi connectivity index (χ4n) is 0.560. The van der Waals surface area contributed by atoms with E-state index in [1.165, 1.54) is 0 Å². The van der Waals surface area contributed by atoms with Gasteiger partial charge in [-0.15, -0.1) is 0 Å². The number of hydrogen-bond acceptors (Lipinski definition) is 1. The molecule has 60 valence electrons. The Morgan fingerprint density at radius 2 is 1.91 bits per heavy atom. The molecule has 0 saturated heterocycles. The summed E-state index contributed by atoms with van der Waals surface area (Å²) < 4.78 is 25.1. The fourth-order valence-corrected chi connectivity index (χ4v) is 1.29. The minimum absolute atomic E-state index is 0.0681. The lowest BCUT2D eigenvalue weighted by Crippen LogP contribution is -1.85. The smallest absolute Gasteiger partial charge is 0.186 e.